The molecule has 0 aromatic rings. The second kappa shape index (κ2) is 40.6. The summed E-state index contributed by atoms with van der Waals surface area (Å²) in [5.74, 6) is 0. The first kappa shape index (κ1) is 45.6. The van der Waals surface area contributed by atoms with Crippen LogP contribution in [-0.4, -0.2) is 43.5 Å². The van der Waals surface area contributed by atoms with Gasteiger partial charge in [0.05, 0.1) is 0 Å². The Balaban J connectivity index is -0.0000000370. The van der Waals surface area contributed by atoms with Crippen LogP contribution in [0.2, 0.25) is 0 Å². The van der Waals surface area contributed by atoms with Crippen molar-refractivity contribution in [3.63, 3.8) is 0 Å². The van der Waals surface area contributed by atoms with E-state index in [4.69, 9.17) is 11.5 Å². The third-order valence-corrected chi connectivity index (χ3v) is 1.41. The fraction of sp³-hybridized carbons (Fsp3) is 0.500. The summed E-state index contributed by atoms with van der Waals surface area (Å²) in [6.45, 7) is 2.53. The Bertz CT molecular complexity index is 291. The topological polar surface area (TPSA) is 128 Å². The van der Waals surface area contributed by atoms with Gasteiger partial charge in [0.2, 0.25) is 0 Å². The van der Waals surface area contributed by atoms with E-state index in [1.54, 1.807) is 0 Å². The Labute approximate surface area is 227 Å². The van der Waals surface area contributed by atoms with Crippen LogP contribution in [0.1, 0.15) is 0 Å². The van der Waals surface area contributed by atoms with E-state index >= 15 is 0 Å². The summed E-state index contributed by atoms with van der Waals surface area (Å²) >= 11 is 34.9. The molecule has 0 saturated carbocycles. The van der Waals surface area contributed by atoms with Crippen LogP contribution in [0.25, 0.3) is 0 Å². The second-order valence-electron chi connectivity index (χ2n) is 2.64. The summed E-state index contributed by atoms with van der Waals surface area (Å²) in [5, 5.41) is 5.56. The van der Waals surface area contributed by atoms with Crippen LogP contribution in [0, 0.1) is 0 Å². The molecule has 0 unspecified atom stereocenters. The zero-order chi connectivity index (χ0) is 18.6. The third kappa shape index (κ3) is 149. The number of nitrogens with one attached hydrogen (secondary N) is 2. The van der Waals surface area contributed by atoms with Crippen LogP contribution >= 0.6 is 48.9 Å². The van der Waals surface area contributed by atoms with E-state index < -0.39 is 0 Å². The summed E-state index contributed by atoms with van der Waals surface area (Å²) in [7, 11) is 0. The van der Waals surface area contributed by atoms with Gasteiger partial charge in [0.25, 0.3) is 0 Å². The Morgan fingerprint density at radius 3 is 0.920 bits per heavy atom. The van der Waals surface area contributed by atoms with Gasteiger partial charge >= 0.3 is 53.6 Å². The van der Waals surface area contributed by atoms with Crippen LogP contribution in [0.5, 0.6) is 0 Å². The Hall–Kier alpha value is 2.02. The molecule has 0 atom stereocenters. The molecule has 0 fully saturated rings. The number of hydrogen-bond donors (Lipinski definition) is 6. The van der Waals surface area contributed by atoms with E-state index in [1.165, 1.54) is 0 Å². The van der Waals surface area contributed by atoms with E-state index in [0.717, 1.165) is 0 Å². The standard InChI is InChI=1S/C4H8N2S4.C2H8N2.2CH3NS2.2Mn.Zn/c7-3(8)5-1-2-6-4(9)10;3-1-2-4;2*2-1(3)4;;;/h1-2H2,(H2,5,7,8)(H2,6,9,10);1-4H2;2*(H3,2,3,4);;;/q;;;;3*+2/p-4. The van der Waals surface area contributed by atoms with Gasteiger partial charge in [-0.3, -0.25) is 0 Å². The van der Waals surface area contributed by atoms with Crippen molar-refractivity contribution in [2.45, 2.75) is 0 Å². The fourth-order valence-corrected chi connectivity index (χ4v) is 0.737. The third-order valence-electron chi connectivity index (χ3n) is 0.830. The molecule has 0 aliphatic rings. The molecule has 2 radical (unpaired) electrons. The maximum atomic E-state index is 4.90. The van der Waals surface area contributed by atoms with Crippen molar-refractivity contribution in [1.29, 1.82) is 0 Å². The molecule has 0 amide bonds. The summed E-state index contributed by atoms with van der Waals surface area (Å²) in [5.41, 5.74) is 19.1. The van der Waals surface area contributed by atoms with Crippen molar-refractivity contribution in [1.82, 2.24) is 10.6 Å². The van der Waals surface area contributed by atoms with Crippen LogP contribution in [0.15, 0.2) is 0 Å². The molecule has 17 heteroatoms. The van der Waals surface area contributed by atoms with Gasteiger partial charge < -0.3 is 133 Å². The molecule has 142 valence electrons. The molecule has 0 aromatic heterocycles. The number of thiocarbonyl (C=S) groups is 4. The smallest absolute Gasteiger partial charge is 0.415 e. The first-order valence-corrected chi connectivity index (χ1v) is 8.50. The summed E-state index contributed by atoms with van der Waals surface area (Å²) in [6.07, 6.45) is 0. The molecule has 0 aliphatic carbocycles. The van der Waals surface area contributed by atoms with Gasteiger partial charge in [-0.15, -0.1) is 0 Å². The van der Waals surface area contributed by atoms with Crippen molar-refractivity contribution in [2.75, 3.05) is 26.2 Å². The molecular formula is C8H18Mn2N6S8Zn+2. The van der Waals surface area contributed by atoms with Crippen molar-refractivity contribution >= 4 is 117 Å². The van der Waals surface area contributed by atoms with Gasteiger partial charge in [-0.2, -0.15) is 0 Å². The monoisotopic (exact) mass is 628 g/mol. The van der Waals surface area contributed by atoms with E-state index in [-0.39, 0.29) is 62.3 Å². The van der Waals surface area contributed by atoms with Gasteiger partial charge in [0.15, 0.2) is 0 Å². The molecule has 10 N–H and O–H groups in total. The van der Waals surface area contributed by atoms with Gasteiger partial charge in [-0.1, -0.05) is 17.3 Å². The molecule has 0 bridgehead atoms. The zero-order valence-electron chi connectivity index (χ0n) is 12.9. The predicted molar refractivity (Wildman–Crippen MR) is 122 cm³/mol. The van der Waals surface area contributed by atoms with Gasteiger partial charge in [0.1, 0.15) is 0 Å². The molecule has 6 nitrogen and oxygen atoms in total. The maximum Gasteiger partial charge on any atom is 2.00 e. The molecule has 0 rings (SSSR count). The fourth-order valence-electron chi connectivity index (χ4n) is 0.329. The normalized spacial score (nSPS) is 6.48. The van der Waals surface area contributed by atoms with Gasteiger partial charge in [0, 0.05) is 26.2 Å². The van der Waals surface area contributed by atoms with Crippen LogP contribution in [-0.2, 0) is 104 Å². The first-order chi connectivity index (χ1) is 10.0. The zero-order valence-corrected chi connectivity index (χ0v) is 24.7. The minimum absolute atomic E-state index is 0. The maximum absolute atomic E-state index is 4.90. The Morgan fingerprint density at radius 2 is 0.840 bits per heavy atom. The van der Waals surface area contributed by atoms with Crippen molar-refractivity contribution < 1.29 is 53.6 Å². The van der Waals surface area contributed by atoms with E-state index in [9.17, 15) is 0 Å². The van der Waals surface area contributed by atoms with E-state index in [2.05, 4.69) is 121 Å². The molecule has 0 saturated heterocycles. The van der Waals surface area contributed by atoms with Gasteiger partial charge in [-0.05, 0) is 0 Å². The van der Waals surface area contributed by atoms with Crippen molar-refractivity contribution in [3.05, 3.63) is 0 Å². The van der Waals surface area contributed by atoms with E-state index in [0.29, 0.717) is 34.8 Å². The average molecular weight is 630 g/mol. The molecule has 0 spiro atoms. The summed E-state index contributed by atoms with van der Waals surface area (Å²) in [6, 6.07) is 0. The van der Waals surface area contributed by atoms with Crippen molar-refractivity contribution in [2.24, 2.45) is 22.9 Å². The quantitative estimate of drug-likeness (QED) is 0.0913. The Kier molecular flexibility index (Phi) is 74.2. The van der Waals surface area contributed by atoms with Crippen LogP contribution < -0.4 is 33.6 Å². The van der Waals surface area contributed by atoms with Gasteiger partial charge in [-0.25, -0.2) is 0 Å². The number of rotatable bonds is 4. The number of hydrogen-bond acceptors (Lipinski definition) is 10. The summed E-state index contributed by atoms with van der Waals surface area (Å²) < 4.78 is 0.911. The van der Waals surface area contributed by atoms with E-state index in [1.807, 2.05) is 0 Å². The SMILES string of the molecule is NC(=S)[S-].NC(=S)[S-].NCCN.S=C([S-])NCCNC(=S)[S-].[Mn+2].[Mn+2].[Zn+2]. The first-order valence-electron chi connectivity index (χ1n) is 5.23. The van der Waals surface area contributed by atoms with Crippen LogP contribution in [0.3, 0.4) is 0 Å². The summed E-state index contributed by atoms with van der Waals surface area (Å²) in [4.78, 5) is 0. The largest absolute Gasteiger partial charge is 2.00 e. The van der Waals surface area contributed by atoms with Crippen LogP contribution in [0.4, 0.5) is 0 Å². The molecule has 25 heavy (non-hydrogen) atoms. The molecule has 0 heterocycles. The average Bonchev–Trinajstić information content (AvgIpc) is 2.33. The molecular weight excluding hydrogens is 612 g/mol. The predicted octanol–water partition coefficient (Wildman–Crippen LogP) is -1.72. The Morgan fingerprint density at radius 1 is 0.680 bits per heavy atom. The van der Waals surface area contributed by atoms with Crippen molar-refractivity contribution in [3.8, 4) is 0 Å². The number of nitrogens with two attached hydrogens (primary N) is 4. The molecule has 0 aromatic carbocycles. The second-order valence-corrected chi connectivity index (χ2v) is 7.07. The molecule has 0 aliphatic heterocycles. The minimum Gasteiger partial charge on any atom is -0.415 e. The minimum atomic E-state index is 0.